The number of thiophene rings is 1. The van der Waals surface area contributed by atoms with E-state index in [9.17, 15) is 4.79 Å². The van der Waals surface area contributed by atoms with Crippen LogP contribution in [0, 0.1) is 5.92 Å². The van der Waals surface area contributed by atoms with Gasteiger partial charge in [0.2, 0.25) is 0 Å². The first-order valence-corrected chi connectivity index (χ1v) is 10.5. The molecule has 138 valence electrons. The third-order valence-electron chi connectivity index (χ3n) is 5.64. The quantitative estimate of drug-likeness (QED) is 0.829. The van der Waals surface area contributed by atoms with Gasteiger partial charge in [-0.25, -0.2) is 0 Å². The van der Waals surface area contributed by atoms with Gasteiger partial charge >= 0.3 is 0 Å². The first-order chi connectivity index (χ1) is 12.6. The normalized spacial score (nSPS) is 21.4. The van der Waals surface area contributed by atoms with E-state index >= 15 is 0 Å². The van der Waals surface area contributed by atoms with E-state index in [1.54, 1.807) is 11.3 Å². The Hall–Kier alpha value is -2.01. The Kier molecular flexibility index (Phi) is 4.65. The highest BCUT2D eigenvalue weighted by atomic mass is 32.1. The Labute approximate surface area is 159 Å². The number of nitrogens with zero attached hydrogens (tertiary/aromatic N) is 1. The molecule has 26 heavy (non-hydrogen) atoms. The molecule has 1 aromatic carbocycles. The van der Waals surface area contributed by atoms with Gasteiger partial charge in [-0.2, -0.15) is 0 Å². The Morgan fingerprint density at radius 3 is 2.58 bits per heavy atom. The standard InChI is InChI=1S/C21H27N3OS/c1-4-24(5-2)15-9-7-14(8-10-15)19-22-20(25)18-16-11-6-13(3)12-17(16)26-21(18)23-19/h7-10,13,19,23H,4-6,11-12H2,1-3H3,(H,22,25)/t13-,19+/m0/s1. The summed E-state index contributed by atoms with van der Waals surface area (Å²) < 4.78 is 0. The van der Waals surface area contributed by atoms with E-state index in [1.165, 1.54) is 22.5 Å². The van der Waals surface area contributed by atoms with Gasteiger partial charge in [0.05, 0.1) is 5.56 Å². The summed E-state index contributed by atoms with van der Waals surface area (Å²) in [6.45, 7) is 8.63. The van der Waals surface area contributed by atoms with E-state index in [0.29, 0.717) is 5.92 Å². The highest BCUT2D eigenvalue weighted by molar-refractivity contribution is 7.16. The van der Waals surface area contributed by atoms with Crippen molar-refractivity contribution in [3.8, 4) is 0 Å². The highest BCUT2D eigenvalue weighted by Crippen LogP contribution is 2.42. The molecule has 2 aromatic rings. The van der Waals surface area contributed by atoms with E-state index < -0.39 is 0 Å². The van der Waals surface area contributed by atoms with Gasteiger partial charge in [0, 0.05) is 23.7 Å². The van der Waals surface area contributed by atoms with Gasteiger partial charge in [0.1, 0.15) is 11.2 Å². The van der Waals surface area contributed by atoms with Gasteiger partial charge in [-0.3, -0.25) is 4.79 Å². The molecule has 2 N–H and O–H groups in total. The van der Waals surface area contributed by atoms with Gasteiger partial charge in [-0.15, -0.1) is 11.3 Å². The van der Waals surface area contributed by atoms with Crippen molar-refractivity contribution in [2.45, 2.75) is 46.2 Å². The van der Waals surface area contributed by atoms with Crippen molar-refractivity contribution in [1.29, 1.82) is 0 Å². The maximum atomic E-state index is 12.8. The van der Waals surface area contributed by atoms with Gasteiger partial charge in [0.25, 0.3) is 5.91 Å². The van der Waals surface area contributed by atoms with Crippen LogP contribution in [0.25, 0.3) is 0 Å². The summed E-state index contributed by atoms with van der Waals surface area (Å²) >= 11 is 1.78. The predicted molar refractivity (Wildman–Crippen MR) is 109 cm³/mol. The Balaban J connectivity index is 1.58. The Morgan fingerprint density at radius 1 is 1.15 bits per heavy atom. The third kappa shape index (κ3) is 2.98. The predicted octanol–water partition coefficient (Wildman–Crippen LogP) is 4.57. The summed E-state index contributed by atoms with van der Waals surface area (Å²) in [7, 11) is 0. The van der Waals surface area contributed by atoms with E-state index in [-0.39, 0.29) is 12.1 Å². The van der Waals surface area contributed by atoms with Crippen molar-refractivity contribution in [3.05, 3.63) is 45.8 Å². The molecule has 1 aliphatic carbocycles. The highest BCUT2D eigenvalue weighted by Gasteiger charge is 2.33. The fourth-order valence-electron chi connectivity index (χ4n) is 4.10. The molecule has 4 nitrogen and oxygen atoms in total. The molecular weight excluding hydrogens is 342 g/mol. The molecule has 2 heterocycles. The van der Waals surface area contributed by atoms with E-state index in [2.05, 4.69) is 60.6 Å². The molecule has 0 saturated heterocycles. The number of carbonyl (C=O) groups is 1. The number of benzene rings is 1. The number of fused-ring (bicyclic) bond motifs is 3. The zero-order valence-corrected chi connectivity index (χ0v) is 16.6. The van der Waals surface area contributed by atoms with Crippen molar-refractivity contribution < 1.29 is 4.79 Å². The molecule has 0 saturated carbocycles. The minimum atomic E-state index is -0.154. The third-order valence-corrected chi connectivity index (χ3v) is 6.83. The molecule has 0 fully saturated rings. The minimum absolute atomic E-state index is 0.0728. The van der Waals surface area contributed by atoms with Crippen LogP contribution in [0.15, 0.2) is 24.3 Å². The summed E-state index contributed by atoms with van der Waals surface area (Å²) in [5.74, 6) is 0.790. The van der Waals surface area contributed by atoms with Crippen LogP contribution in [-0.4, -0.2) is 19.0 Å². The summed E-state index contributed by atoms with van der Waals surface area (Å²) in [5, 5.41) is 7.77. The summed E-state index contributed by atoms with van der Waals surface area (Å²) in [5.41, 5.74) is 4.50. The van der Waals surface area contributed by atoms with E-state index in [4.69, 9.17) is 0 Å². The van der Waals surface area contributed by atoms with Crippen molar-refractivity contribution in [2.24, 2.45) is 5.92 Å². The summed E-state index contributed by atoms with van der Waals surface area (Å²) in [6.07, 6.45) is 3.16. The van der Waals surface area contributed by atoms with Crippen LogP contribution in [0.2, 0.25) is 0 Å². The van der Waals surface area contributed by atoms with Gasteiger partial charge in [-0.05, 0) is 62.3 Å². The first kappa shape index (κ1) is 17.4. The van der Waals surface area contributed by atoms with Gasteiger partial charge in [-0.1, -0.05) is 19.1 Å². The number of amides is 1. The zero-order valence-electron chi connectivity index (χ0n) is 15.8. The second kappa shape index (κ2) is 6.95. The smallest absolute Gasteiger partial charge is 0.256 e. The summed E-state index contributed by atoms with van der Waals surface area (Å²) in [4.78, 5) is 16.5. The van der Waals surface area contributed by atoms with E-state index in [0.717, 1.165) is 42.1 Å². The molecule has 0 spiro atoms. The molecule has 4 rings (SSSR count). The lowest BCUT2D eigenvalue weighted by atomic mass is 9.88. The molecule has 2 aliphatic rings. The Morgan fingerprint density at radius 2 is 1.88 bits per heavy atom. The number of nitrogens with one attached hydrogen (secondary N) is 2. The lowest BCUT2D eigenvalue weighted by Crippen LogP contribution is -2.38. The van der Waals surface area contributed by atoms with Crippen LogP contribution in [0.1, 0.15) is 59.7 Å². The van der Waals surface area contributed by atoms with Crippen LogP contribution in [-0.2, 0) is 12.8 Å². The average Bonchev–Trinajstić information content (AvgIpc) is 3.01. The van der Waals surface area contributed by atoms with Crippen LogP contribution in [0.4, 0.5) is 10.7 Å². The zero-order chi connectivity index (χ0) is 18.3. The largest absolute Gasteiger partial charge is 0.372 e. The van der Waals surface area contributed by atoms with Crippen molar-refractivity contribution in [2.75, 3.05) is 23.3 Å². The van der Waals surface area contributed by atoms with Crippen LogP contribution >= 0.6 is 11.3 Å². The van der Waals surface area contributed by atoms with Crippen molar-refractivity contribution in [3.63, 3.8) is 0 Å². The molecule has 1 amide bonds. The maximum Gasteiger partial charge on any atom is 0.256 e. The van der Waals surface area contributed by atoms with Gasteiger partial charge in [0.15, 0.2) is 0 Å². The monoisotopic (exact) mass is 369 g/mol. The lowest BCUT2D eigenvalue weighted by Gasteiger charge is -2.28. The second-order valence-corrected chi connectivity index (χ2v) is 8.48. The molecule has 0 unspecified atom stereocenters. The van der Waals surface area contributed by atoms with Gasteiger partial charge < -0.3 is 15.5 Å². The molecule has 2 atom stereocenters. The topological polar surface area (TPSA) is 44.4 Å². The fourth-order valence-corrected chi connectivity index (χ4v) is 5.53. The second-order valence-electron chi connectivity index (χ2n) is 7.37. The van der Waals surface area contributed by atoms with E-state index in [1.807, 2.05) is 0 Å². The molecule has 0 bridgehead atoms. The minimum Gasteiger partial charge on any atom is -0.372 e. The van der Waals surface area contributed by atoms with Crippen molar-refractivity contribution in [1.82, 2.24) is 5.32 Å². The molecule has 5 heteroatoms. The molecule has 1 aliphatic heterocycles. The van der Waals surface area contributed by atoms with Crippen LogP contribution in [0.5, 0.6) is 0 Å². The van der Waals surface area contributed by atoms with Crippen molar-refractivity contribution >= 4 is 27.9 Å². The fraction of sp³-hybridized carbons (Fsp3) is 0.476. The lowest BCUT2D eigenvalue weighted by molar-refractivity contribution is 0.0935. The molecular formula is C21H27N3OS. The SMILES string of the molecule is CCN(CC)c1ccc([C@@H]2NC(=O)c3c(sc4c3CC[C@H](C)C4)N2)cc1. The van der Waals surface area contributed by atoms with Crippen LogP contribution < -0.4 is 15.5 Å². The summed E-state index contributed by atoms with van der Waals surface area (Å²) in [6, 6.07) is 8.53. The number of hydrogen-bond acceptors (Lipinski definition) is 4. The molecule has 1 aromatic heterocycles. The van der Waals surface area contributed by atoms with Crippen LogP contribution in [0.3, 0.4) is 0 Å². The number of carbonyl (C=O) groups excluding carboxylic acids is 1. The average molecular weight is 370 g/mol. The first-order valence-electron chi connectivity index (χ1n) is 9.67. The number of hydrogen-bond donors (Lipinski definition) is 2. The maximum absolute atomic E-state index is 12.8. The molecule has 0 radical (unpaired) electrons. The Bertz CT molecular complexity index is 807. The number of rotatable bonds is 4. The number of anilines is 2.